The first-order valence-electron chi connectivity index (χ1n) is 8.56. The van der Waals surface area contributed by atoms with Crippen LogP contribution in [0.4, 0.5) is 0 Å². The summed E-state index contributed by atoms with van der Waals surface area (Å²) in [6.45, 7) is 1.73. The van der Waals surface area contributed by atoms with Crippen LogP contribution in [-0.4, -0.2) is 31.7 Å². The fourth-order valence-corrected chi connectivity index (χ4v) is 5.35. The molecule has 0 radical (unpaired) electrons. The summed E-state index contributed by atoms with van der Waals surface area (Å²) < 4.78 is 1.84. The van der Waals surface area contributed by atoms with E-state index in [-0.39, 0.29) is 6.04 Å². The van der Waals surface area contributed by atoms with E-state index in [1.165, 1.54) is 15.3 Å². The summed E-state index contributed by atoms with van der Waals surface area (Å²) in [6.07, 6.45) is 1.09. The molecule has 0 bridgehead atoms. The quantitative estimate of drug-likeness (QED) is 0.539. The highest BCUT2D eigenvalue weighted by Gasteiger charge is 2.31. The van der Waals surface area contributed by atoms with Gasteiger partial charge in [-0.1, -0.05) is 24.3 Å². The first kappa shape index (κ1) is 15.9. The lowest BCUT2D eigenvalue weighted by Crippen LogP contribution is -2.35. The van der Waals surface area contributed by atoms with Crippen molar-refractivity contribution in [2.24, 2.45) is 0 Å². The molecule has 0 amide bonds. The molecule has 0 fully saturated rings. The Balaban J connectivity index is 1.50. The fourth-order valence-electron chi connectivity index (χ4n) is 3.57. The molecular weight excluding hydrogens is 362 g/mol. The monoisotopic (exact) mass is 379 g/mol. The lowest BCUT2D eigenvalue weighted by Gasteiger charge is -2.34. The van der Waals surface area contributed by atoms with Crippen molar-refractivity contribution in [1.82, 2.24) is 25.1 Å². The van der Waals surface area contributed by atoms with Crippen LogP contribution >= 0.6 is 22.7 Å². The van der Waals surface area contributed by atoms with E-state index in [4.69, 9.17) is 0 Å². The third kappa shape index (κ3) is 2.78. The Morgan fingerprint density at radius 2 is 1.92 bits per heavy atom. The molecular formula is C19H17N5S2. The number of hydrogen-bond acceptors (Lipinski definition) is 6. The van der Waals surface area contributed by atoms with Crippen molar-refractivity contribution in [2.75, 3.05) is 6.54 Å². The number of aromatic nitrogens is 4. The first-order valence-corrected chi connectivity index (χ1v) is 10.3. The summed E-state index contributed by atoms with van der Waals surface area (Å²) in [5, 5.41) is 16.8. The Morgan fingerprint density at radius 3 is 2.77 bits per heavy atom. The lowest BCUT2D eigenvalue weighted by molar-refractivity contribution is 0.202. The van der Waals surface area contributed by atoms with Crippen molar-refractivity contribution in [3.63, 3.8) is 0 Å². The zero-order valence-corrected chi connectivity index (χ0v) is 15.7. The largest absolute Gasteiger partial charge is 0.284 e. The Bertz CT molecular complexity index is 990. The highest BCUT2D eigenvalue weighted by Crippen LogP contribution is 2.40. The van der Waals surface area contributed by atoms with Crippen molar-refractivity contribution >= 4 is 22.7 Å². The summed E-state index contributed by atoms with van der Waals surface area (Å²) in [5.41, 5.74) is 2.43. The van der Waals surface area contributed by atoms with Crippen LogP contribution in [0, 0.1) is 0 Å². The second kappa shape index (κ2) is 6.75. The van der Waals surface area contributed by atoms with Gasteiger partial charge in [-0.05, 0) is 57.4 Å². The summed E-state index contributed by atoms with van der Waals surface area (Å²) >= 11 is 3.69. The number of hydrogen-bond donors (Lipinski definition) is 0. The van der Waals surface area contributed by atoms with E-state index in [1.54, 1.807) is 0 Å². The van der Waals surface area contributed by atoms with E-state index >= 15 is 0 Å². The van der Waals surface area contributed by atoms with Gasteiger partial charge in [0, 0.05) is 16.3 Å². The number of tetrazole rings is 1. The minimum Gasteiger partial charge on any atom is -0.284 e. The second-order valence-electron chi connectivity index (χ2n) is 6.28. The van der Waals surface area contributed by atoms with Crippen molar-refractivity contribution in [3.8, 4) is 5.69 Å². The number of fused-ring (bicyclic) bond motifs is 1. The summed E-state index contributed by atoms with van der Waals surface area (Å²) in [5.74, 6) is 0.872. The number of nitrogens with zero attached hydrogens (tertiary/aromatic N) is 5. The molecule has 7 heteroatoms. The molecule has 0 saturated heterocycles. The van der Waals surface area contributed by atoms with Gasteiger partial charge in [0.2, 0.25) is 0 Å². The van der Waals surface area contributed by atoms with Gasteiger partial charge in [-0.25, -0.2) is 0 Å². The number of para-hydroxylation sites is 1. The second-order valence-corrected chi connectivity index (χ2v) is 8.26. The smallest absolute Gasteiger partial charge is 0.170 e. The topological polar surface area (TPSA) is 46.8 Å². The van der Waals surface area contributed by atoms with Crippen LogP contribution in [0.15, 0.2) is 59.3 Å². The Labute approximate surface area is 159 Å². The van der Waals surface area contributed by atoms with Crippen LogP contribution < -0.4 is 0 Å². The van der Waals surface area contributed by atoms with E-state index in [1.807, 2.05) is 57.7 Å². The molecule has 5 nitrogen and oxygen atoms in total. The van der Waals surface area contributed by atoms with E-state index in [2.05, 4.69) is 49.4 Å². The van der Waals surface area contributed by atoms with Gasteiger partial charge in [0.1, 0.15) is 0 Å². The maximum atomic E-state index is 4.31. The molecule has 0 N–H and O–H groups in total. The Kier molecular flexibility index (Phi) is 4.12. The lowest BCUT2D eigenvalue weighted by atomic mass is 9.98. The van der Waals surface area contributed by atoms with Crippen molar-refractivity contribution in [2.45, 2.75) is 19.0 Å². The molecule has 1 atom stereocenters. The zero-order chi connectivity index (χ0) is 17.3. The van der Waals surface area contributed by atoms with E-state index in [0.29, 0.717) is 0 Å². The van der Waals surface area contributed by atoms with Gasteiger partial charge in [-0.3, -0.25) is 4.90 Å². The van der Waals surface area contributed by atoms with Gasteiger partial charge >= 0.3 is 0 Å². The molecule has 0 spiro atoms. The molecule has 130 valence electrons. The molecule has 4 heterocycles. The summed E-state index contributed by atoms with van der Waals surface area (Å²) in [6, 6.07) is 17.0. The van der Waals surface area contributed by atoms with Gasteiger partial charge < -0.3 is 0 Å². The SMILES string of the molecule is c1ccc(-n2nnnc2CN2CCc3sccc3C2c2cccs2)cc1. The predicted octanol–water partition coefficient (Wildman–Crippen LogP) is 3.93. The molecule has 4 aromatic rings. The maximum absolute atomic E-state index is 4.31. The van der Waals surface area contributed by atoms with E-state index < -0.39 is 0 Å². The minimum atomic E-state index is 0.283. The Morgan fingerprint density at radius 1 is 1.00 bits per heavy atom. The summed E-state index contributed by atoms with van der Waals surface area (Å²) in [7, 11) is 0. The van der Waals surface area contributed by atoms with E-state index in [9.17, 15) is 0 Å². The van der Waals surface area contributed by atoms with Crippen LogP contribution in [0.3, 0.4) is 0 Å². The van der Waals surface area contributed by atoms with Gasteiger partial charge in [0.25, 0.3) is 0 Å². The molecule has 1 aliphatic rings. The fraction of sp³-hybridized carbons (Fsp3) is 0.211. The average molecular weight is 380 g/mol. The first-order chi connectivity index (χ1) is 12.9. The Hall–Kier alpha value is -2.35. The van der Waals surface area contributed by atoms with Gasteiger partial charge in [0.05, 0.1) is 18.3 Å². The van der Waals surface area contributed by atoms with Gasteiger partial charge in [-0.15, -0.1) is 27.8 Å². The maximum Gasteiger partial charge on any atom is 0.170 e. The number of thiophene rings is 2. The van der Waals surface area contributed by atoms with Crippen molar-refractivity contribution in [3.05, 3.63) is 80.4 Å². The minimum absolute atomic E-state index is 0.283. The third-order valence-corrected chi connectivity index (χ3v) is 6.68. The molecule has 3 aromatic heterocycles. The normalized spacial score (nSPS) is 17.3. The molecule has 0 aliphatic carbocycles. The predicted molar refractivity (Wildman–Crippen MR) is 104 cm³/mol. The molecule has 1 aromatic carbocycles. The van der Waals surface area contributed by atoms with Crippen molar-refractivity contribution < 1.29 is 0 Å². The molecule has 1 unspecified atom stereocenters. The molecule has 0 saturated carbocycles. The average Bonchev–Trinajstić information content (AvgIpc) is 3.44. The van der Waals surface area contributed by atoms with Crippen molar-refractivity contribution in [1.29, 1.82) is 0 Å². The molecule has 5 rings (SSSR count). The van der Waals surface area contributed by atoms with Crippen LogP contribution in [0.1, 0.15) is 27.2 Å². The van der Waals surface area contributed by atoms with Crippen LogP contribution in [0.2, 0.25) is 0 Å². The van der Waals surface area contributed by atoms with Crippen LogP contribution in [-0.2, 0) is 13.0 Å². The van der Waals surface area contributed by atoms with Gasteiger partial charge in [-0.2, -0.15) is 4.68 Å². The number of rotatable bonds is 4. The highest BCUT2D eigenvalue weighted by molar-refractivity contribution is 7.10. The molecule has 1 aliphatic heterocycles. The standard InChI is InChI=1S/C19H17N5S2/c1-2-5-14(6-3-1)24-18(20-21-22-24)13-23-10-8-16-15(9-12-26-16)19(23)17-7-4-11-25-17/h1-7,9,11-12,19H,8,10,13H2. The number of benzene rings is 1. The van der Waals surface area contributed by atoms with Gasteiger partial charge in [0.15, 0.2) is 5.82 Å². The van der Waals surface area contributed by atoms with E-state index in [0.717, 1.165) is 31.0 Å². The zero-order valence-electron chi connectivity index (χ0n) is 14.0. The molecule has 26 heavy (non-hydrogen) atoms. The highest BCUT2D eigenvalue weighted by atomic mass is 32.1. The van der Waals surface area contributed by atoms with Crippen LogP contribution in [0.25, 0.3) is 5.69 Å². The summed E-state index contributed by atoms with van der Waals surface area (Å²) in [4.78, 5) is 5.37. The third-order valence-electron chi connectivity index (χ3n) is 4.76. The van der Waals surface area contributed by atoms with Crippen LogP contribution in [0.5, 0.6) is 0 Å².